The molecule has 1 atom stereocenters. The highest BCUT2D eigenvalue weighted by atomic mass is 32.2. The van der Waals surface area contributed by atoms with Crippen LogP contribution in [0.4, 0.5) is 9.52 Å². The lowest BCUT2D eigenvalue weighted by Crippen LogP contribution is -2.48. The highest BCUT2D eigenvalue weighted by Gasteiger charge is 2.42. The van der Waals surface area contributed by atoms with Crippen LogP contribution >= 0.6 is 11.3 Å². The molecule has 3 heterocycles. The number of carbonyl (C=O) groups excluding carboxylic acids is 1. The summed E-state index contributed by atoms with van der Waals surface area (Å²) in [5.74, 6) is -0.772. The Bertz CT molecular complexity index is 1360. The van der Waals surface area contributed by atoms with E-state index >= 15 is 0 Å². The first-order valence-corrected chi connectivity index (χ1v) is 14.8. The number of nitrogens with zero attached hydrogens (tertiary/aromatic N) is 4. The monoisotopic (exact) mass is 546 g/mol. The predicted molar refractivity (Wildman–Crippen MR) is 142 cm³/mol. The molecule has 1 aromatic heterocycles. The predicted octanol–water partition coefficient (Wildman–Crippen LogP) is 3.65. The Morgan fingerprint density at radius 3 is 2.68 bits per heavy atom. The van der Waals surface area contributed by atoms with Gasteiger partial charge in [-0.15, -0.1) is 0 Å². The van der Waals surface area contributed by atoms with Gasteiger partial charge in [-0.05, 0) is 68.1 Å². The molecule has 1 unspecified atom stereocenters. The van der Waals surface area contributed by atoms with Crippen LogP contribution in [-0.2, 0) is 19.6 Å². The van der Waals surface area contributed by atoms with E-state index in [1.54, 1.807) is 4.90 Å². The number of hydrogen-bond donors (Lipinski definition) is 0. The number of morpholine rings is 1. The number of sulfonamides is 1. The van der Waals surface area contributed by atoms with Crippen molar-refractivity contribution < 1.29 is 22.3 Å². The van der Waals surface area contributed by atoms with E-state index in [1.165, 1.54) is 27.8 Å². The van der Waals surface area contributed by atoms with E-state index in [-0.39, 0.29) is 17.3 Å². The summed E-state index contributed by atoms with van der Waals surface area (Å²) in [7, 11) is -3.95. The van der Waals surface area contributed by atoms with Crippen molar-refractivity contribution in [2.24, 2.45) is 0 Å². The van der Waals surface area contributed by atoms with Crippen LogP contribution in [-0.4, -0.2) is 80.5 Å². The van der Waals surface area contributed by atoms with Gasteiger partial charge >= 0.3 is 0 Å². The number of halogens is 1. The third kappa shape index (κ3) is 5.70. The average Bonchev–Trinajstić information content (AvgIpc) is 3.55. The molecule has 0 aliphatic carbocycles. The number of aryl methyl sites for hydroxylation is 1. The standard InChI is InChI=1S/C26H31FN4O4S2/c1-19-5-10-22-24(18-19)36-26(28-22)30(12-3-11-29-14-16-35-17-15-29)25(32)23-4-2-13-31(23)37(33,34)21-8-6-20(27)7-9-21/h5-10,18,23H,2-4,11-17H2,1H3. The molecule has 2 aliphatic heterocycles. The molecule has 8 nitrogen and oxygen atoms in total. The first-order valence-electron chi connectivity index (χ1n) is 12.6. The Kier molecular flexibility index (Phi) is 7.87. The molecular weight excluding hydrogens is 515 g/mol. The van der Waals surface area contributed by atoms with Crippen LogP contribution in [0.25, 0.3) is 10.2 Å². The topological polar surface area (TPSA) is 83.1 Å². The third-order valence-corrected chi connectivity index (χ3v) is 9.86. The summed E-state index contributed by atoms with van der Waals surface area (Å²) in [6.07, 6.45) is 1.75. The summed E-state index contributed by atoms with van der Waals surface area (Å²) in [6, 6.07) is 9.91. The molecule has 2 aliphatic rings. The maximum absolute atomic E-state index is 14.0. The van der Waals surface area contributed by atoms with E-state index in [9.17, 15) is 17.6 Å². The second-order valence-corrected chi connectivity index (χ2v) is 12.4. The van der Waals surface area contributed by atoms with Gasteiger partial charge in [-0.3, -0.25) is 14.6 Å². The lowest BCUT2D eigenvalue weighted by molar-refractivity contribution is -0.121. The van der Waals surface area contributed by atoms with Crippen molar-refractivity contribution in [3.63, 3.8) is 0 Å². The first-order chi connectivity index (χ1) is 17.8. The largest absolute Gasteiger partial charge is 0.379 e. The Labute approximate surface area is 220 Å². The molecule has 2 fully saturated rings. The fourth-order valence-corrected chi connectivity index (χ4v) is 7.66. The minimum atomic E-state index is -3.95. The Morgan fingerprint density at radius 1 is 1.16 bits per heavy atom. The number of carbonyl (C=O) groups is 1. The van der Waals surface area contributed by atoms with Crippen molar-refractivity contribution in [1.29, 1.82) is 0 Å². The quantitative estimate of drug-likeness (QED) is 0.429. The summed E-state index contributed by atoms with van der Waals surface area (Å²) in [5, 5.41) is 0.582. The van der Waals surface area contributed by atoms with E-state index in [0.29, 0.717) is 37.7 Å². The van der Waals surface area contributed by atoms with E-state index in [4.69, 9.17) is 9.72 Å². The number of ether oxygens (including phenoxy) is 1. The van der Waals surface area contributed by atoms with Gasteiger partial charge in [0, 0.05) is 32.7 Å². The number of amides is 1. The molecule has 198 valence electrons. The highest BCUT2D eigenvalue weighted by Crippen LogP contribution is 2.33. The molecule has 5 rings (SSSR count). The normalized spacial score (nSPS) is 19.5. The molecular formula is C26H31FN4O4S2. The molecule has 0 saturated carbocycles. The first kappa shape index (κ1) is 26.2. The molecule has 2 saturated heterocycles. The number of hydrogen-bond acceptors (Lipinski definition) is 7. The molecule has 0 bridgehead atoms. The van der Waals surface area contributed by atoms with Crippen molar-refractivity contribution >= 4 is 42.6 Å². The fourth-order valence-electron chi connectivity index (χ4n) is 4.91. The average molecular weight is 547 g/mol. The maximum Gasteiger partial charge on any atom is 0.247 e. The van der Waals surface area contributed by atoms with Gasteiger partial charge < -0.3 is 4.74 Å². The molecule has 2 aromatic carbocycles. The molecule has 1 amide bonds. The van der Waals surface area contributed by atoms with Crippen LogP contribution in [0.15, 0.2) is 47.4 Å². The fraction of sp³-hybridized carbons (Fsp3) is 0.462. The zero-order valence-electron chi connectivity index (χ0n) is 20.8. The SMILES string of the molecule is Cc1ccc2nc(N(CCCN3CCOCC3)C(=O)C3CCCN3S(=O)(=O)c3ccc(F)cc3)sc2c1. The van der Waals surface area contributed by atoms with Crippen molar-refractivity contribution in [3.05, 3.63) is 53.8 Å². The van der Waals surface area contributed by atoms with Crippen LogP contribution in [0.5, 0.6) is 0 Å². The number of benzene rings is 2. The van der Waals surface area contributed by atoms with Gasteiger partial charge in [-0.25, -0.2) is 17.8 Å². The lowest BCUT2D eigenvalue weighted by Gasteiger charge is -2.30. The number of aromatic nitrogens is 1. The third-order valence-electron chi connectivity index (χ3n) is 6.90. The number of thiazole rings is 1. The number of fused-ring (bicyclic) bond motifs is 1. The van der Waals surface area contributed by atoms with E-state index in [2.05, 4.69) is 4.90 Å². The highest BCUT2D eigenvalue weighted by molar-refractivity contribution is 7.89. The summed E-state index contributed by atoms with van der Waals surface area (Å²) >= 11 is 1.45. The summed E-state index contributed by atoms with van der Waals surface area (Å²) < 4.78 is 48.0. The van der Waals surface area contributed by atoms with Gasteiger partial charge in [0.05, 0.1) is 28.3 Å². The number of rotatable bonds is 8. The summed E-state index contributed by atoms with van der Waals surface area (Å²) in [6.45, 7) is 6.66. The van der Waals surface area contributed by atoms with Gasteiger partial charge in [0.25, 0.3) is 0 Å². The van der Waals surface area contributed by atoms with E-state index in [1.807, 2.05) is 25.1 Å². The Morgan fingerprint density at radius 2 is 1.92 bits per heavy atom. The lowest BCUT2D eigenvalue weighted by atomic mass is 10.2. The van der Waals surface area contributed by atoms with Crippen molar-refractivity contribution in [2.75, 3.05) is 50.8 Å². The van der Waals surface area contributed by atoms with E-state index in [0.717, 1.165) is 54.0 Å². The van der Waals surface area contributed by atoms with Crippen molar-refractivity contribution in [2.45, 2.75) is 37.1 Å². The van der Waals surface area contributed by atoms with Gasteiger partial charge in [-0.1, -0.05) is 17.4 Å². The van der Waals surface area contributed by atoms with Crippen LogP contribution in [0.2, 0.25) is 0 Å². The second-order valence-electron chi connectivity index (χ2n) is 9.49. The van der Waals surface area contributed by atoms with Crippen LogP contribution in [0.1, 0.15) is 24.8 Å². The molecule has 11 heteroatoms. The molecule has 0 radical (unpaired) electrons. The van der Waals surface area contributed by atoms with E-state index < -0.39 is 21.9 Å². The van der Waals surface area contributed by atoms with Crippen LogP contribution in [0.3, 0.4) is 0 Å². The van der Waals surface area contributed by atoms with Crippen molar-refractivity contribution in [1.82, 2.24) is 14.2 Å². The van der Waals surface area contributed by atoms with Gasteiger partial charge in [0.1, 0.15) is 11.9 Å². The van der Waals surface area contributed by atoms with Gasteiger partial charge in [0.2, 0.25) is 15.9 Å². The van der Waals surface area contributed by atoms with Crippen LogP contribution < -0.4 is 4.90 Å². The summed E-state index contributed by atoms with van der Waals surface area (Å²) in [4.78, 5) is 22.7. The summed E-state index contributed by atoms with van der Waals surface area (Å²) in [5.41, 5.74) is 1.93. The zero-order chi connectivity index (χ0) is 26.0. The molecule has 0 spiro atoms. The minimum Gasteiger partial charge on any atom is -0.379 e. The van der Waals surface area contributed by atoms with Crippen molar-refractivity contribution in [3.8, 4) is 0 Å². The molecule has 0 N–H and O–H groups in total. The maximum atomic E-state index is 14.0. The molecule has 3 aromatic rings. The number of anilines is 1. The van der Waals surface area contributed by atoms with Gasteiger partial charge in [-0.2, -0.15) is 4.31 Å². The zero-order valence-corrected chi connectivity index (χ0v) is 22.4. The Hall–Kier alpha value is -2.44. The van der Waals surface area contributed by atoms with Gasteiger partial charge in [0.15, 0.2) is 5.13 Å². The minimum absolute atomic E-state index is 0.0112. The second kappa shape index (κ2) is 11.1. The van der Waals surface area contributed by atoms with Crippen LogP contribution in [0, 0.1) is 12.7 Å². The smallest absolute Gasteiger partial charge is 0.247 e. The molecule has 37 heavy (non-hydrogen) atoms. The Balaban J connectivity index is 1.41.